The molecule has 5 N–H and O–H groups in total. The van der Waals surface area contributed by atoms with E-state index in [-0.39, 0.29) is 48.5 Å². The van der Waals surface area contributed by atoms with Gasteiger partial charge in [0.15, 0.2) is 5.60 Å². The average Bonchev–Trinajstić information content (AvgIpc) is 3.11. The second-order valence-electron chi connectivity index (χ2n) is 7.44. The maximum absolute atomic E-state index is 13.3. The largest absolute Gasteiger partial charge is 0.458 e. The molecule has 5 rings (SSSR count). The summed E-state index contributed by atoms with van der Waals surface area (Å²) in [5, 5.41) is 11.9. The number of aliphatic hydroxyl groups is 1. The van der Waals surface area contributed by atoms with E-state index in [0.29, 0.717) is 11.4 Å². The molecular formula is C21H20N4O4. The first-order chi connectivity index (χ1) is 13.9. The second-order valence-corrected chi connectivity index (χ2v) is 7.44. The van der Waals surface area contributed by atoms with Crippen molar-refractivity contribution in [2.45, 2.75) is 38.6 Å². The second kappa shape index (κ2) is 5.88. The predicted octanol–water partition coefficient (Wildman–Crippen LogP) is 1.12. The summed E-state index contributed by atoms with van der Waals surface area (Å²) >= 11 is 0. The van der Waals surface area contributed by atoms with E-state index in [0.717, 1.165) is 22.0 Å². The number of nitrogen functional groups attached to an aromatic ring is 1. The number of pyridine rings is 2. The van der Waals surface area contributed by atoms with Gasteiger partial charge < -0.3 is 25.9 Å². The fourth-order valence-corrected chi connectivity index (χ4v) is 4.57. The minimum absolute atomic E-state index is 0.0397. The molecule has 2 aliphatic rings. The number of fused-ring (bicyclic) bond motifs is 5. The molecule has 0 amide bonds. The highest BCUT2D eigenvalue weighted by Gasteiger charge is 2.47. The van der Waals surface area contributed by atoms with Crippen LogP contribution < -0.4 is 17.0 Å². The summed E-state index contributed by atoms with van der Waals surface area (Å²) in [5.74, 6) is -0.795. The molecule has 4 heterocycles. The Balaban J connectivity index is 1.90. The Kier molecular flexibility index (Phi) is 3.62. The van der Waals surface area contributed by atoms with Crippen molar-refractivity contribution in [2.24, 2.45) is 5.73 Å². The number of carbonyl (C=O) groups excluding carboxylic acids is 1. The van der Waals surface area contributed by atoms with Gasteiger partial charge in [-0.3, -0.25) is 4.79 Å². The maximum Gasteiger partial charge on any atom is 0.343 e. The first-order valence-corrected chi connectivity index (χ1v) is 9.48. The lowest BCUT2D eigenvalue weighted by molar-refractivity contribution is -0.172. The van der Waals surface area contributed by atoms with Crippen molar-refractivity contribution < 1.29 is 14.6 Å². The summed E-state index contributed by atoms with van der Waals surface area (Å²) in [4.78, 5) is 30.4. The fourth-order valence-electron chi connectivity index (χ4n) is 4.57. The molecule has 3 aromatic rings. The van der Waals surface area contributed by atoms with E-state index in [4.69, 9.17) is 21.2 Å². The van der Waals surface area contributed by atoms with Crippen molar-refractivity contribution >= 4 is 22.6 Å². The van der Waals surface area contributed by atoms with Crippen LogP contribution in [0.25, 0.3) is 22.3 Å². The Bertz CT molecular complexity index is 1280. The van der Waals surface area contributed by atoms with Crippen LogP contribution in [-0.2, 0) is 34.8 Å². The third-order valence-electron chi connectivity index (χ3n) is 6.07. The summed E-state index contributed by atoms with van der Waals surface area (Å²) in [6.45, 7) is 2.00. The molecule has 148 valence electrons. The summed E-state index contributed by atoms with van der Waals surface area (Å²) in [7, 11) is 0. The molecule has 1 aromatic carbocycles. The molecule has 0 unspecified atom stereocenters. The van der Waals surface area contributed by atoms with Gasteiger partial charge in [-0.2, -0.15) is 0 Å². The number of esters is 1. The Labute approximate surface area is 165 Å². The van der Waals surface area contributed by atoms with Crippen molar-refractivity contribution in [3.8, 4) is 11.4 Å². The van der Waals surface area contributed by atoms with Gasteiger partial charge in [0, 0.05) is 23.1 Å². The van der Waals surface area contributed by atoms with Crippen LogP contribution >= 0.6 is 0 Å². The van der Waals surface area contributed by atoms with Crippen LogP contribution in [0.2, 0.25) is 0 Å². The minimum atomic E-state index is -1.96. The zero-order chi connectivity index (χ0) is 20.5. The van der Waals surface area contributed by atoms with E-state index in [1.54, 1.807) is 11.5 Å². The number of nitrogens with two attached hydrogens (primary N) is 2. The van der Waals surface area contributed by atoms with Crippen molar-refractivity contribution in [1.29, 1.82) is 0 Å². The van der Waals surface area contributed by atoms with Gasteiger partial charge in [-0.25, -0.2) is 9.78 Å². The molecule has 8 nitrogen and oxygen atoms in total. The molecule has 29 heavy (non-hydrogen) atoms. The van der Waals surface area contributed by atoms with Crippen LogP contribution in [0.1, 0.15) is 35.6 Å². The highest BCUT2D eigenvalue weighted by molar-refractivity contribution is 5.93. The summed E-state index contributed by atoms with van der Waals surface area (Å²) in [6, 6.07) is 7.63. The zero-order valence-corrected chi connectivity index (χ0v) is 15.9. The number of cyclic esters (lactones) is 1. The Hall–Kier alpha value is -3.23. The van der Waals surface area contributed by atoms with Gasteiger partial charge in [-0.15, -0.1) is 0 Å². The lowest BCUT2D eigenvalue weighted by Crippen LogP contribution is -2.45. The lowest BCUT2D eigenvalue weighted by atomic mass is 9.84. The monoisotopic (exact) mass is 392 g/mol. The molecule has 0 radical (unpaired) electrons. The maximum atomic E-state index is 13.3. The Morgan fingerprint density at radius 3 is 2.76 bits per heavy atom. The predicted molar refractivity (Wildman–Crippen MR) is 107 cm³/mol. The van der Waals surface area contributed by atoms with Crippen LogP contribution in [0.4, 0.5) is 5.69 Å². The molecule has 1 atom stereocenters. The van der Waals surface area contributed by atoms with Gasteiger partial charge in [-0.1, -0.05) is 25.1 Å². The van der Waals surface area contributed by atoms with Crippen LogP contribution in [0.15, 0.2) is 29.1 Å². The van der Waals surface area contributed by atoms with Crippen LogP contribution in [0.5, 0.6) is 0 Å². The first kappa shape index (κ1) is 17.8. The number of anilines is 1. The van der Waals surface area contributed by atoms with Gasteiger partial charge in [0.1, 0.15) is 6.61 Å². The van der Waals surface area contributed by atoms with E-state index in [2.05, 4.69) is 0 Å². The van der Waals surface area contributed by atoms with E-state index >= 15 is 0 Å². The molecule has 2 aliphatic heterocycles. The number of hydrogen-bond donors (Lipinski definition) is 3. The highest BCUT2D eigenvalue weighted by Crippen LogP contribution is 2.44. The van der Waals surface area contributed by atoms with E-state index in [1.165, 1.54) is 0 Å². The summed E-state index contributed by atoms with van der Waals surface area (Å²) in [5.41, 5.74) is 14.3. The standard InChI is InChI=1S/C21H20N4O4/c1-2-21(28)15-13(9-29-20(21)27)19(26)25-8-12-11(7-22)10-5-3-4-6-14(10)24-17(12)18(25)16(15)23/h3-6,28H,2,7-9,22-23H2,1H3/t21-/m0/s1. The minimum Gasteiger partial charge on any atom is -0.458 e. The van der Waals surface area contributed by atoms with Gasteiger partial charge in [-0.05, 0) is 18.1 Å². The number of nitrogens with zero attached hydrogens (tertiary/aromatic N) is 2. The molecule has 0 saturated carbocycles. The van der Waals surface area contributed by atoms with Crippen LogP contribution in [0.3, 0.4) is 0 Å². The van der Waals surface area contributed by atoms with E-state index in [1.807, 2.05) is 24.3 Å². The quantitative estimate of drug-likeness (QED) is 0.435. The van der Waals surface area contributed by atoms with Crippen molar-refractivity contribution in [1.82, 2.24) is 9.55 Å². The molecule has 0 spiro atoms. The molecule has 2 aromatic heterocycles. The van der Waals surface area contributed by atoms with Crippen LogP contribution in [0, 0.1) is 0 Å². The highest BCUT2D eigenvalue weighted by atomic mass is 16.6. The smallest absolute Gasteiger partial charge is 0.343 e. The van der Waals surface area contributed by atoms with Crippen molar-refractivity contribution in [3.05, 3.63) is 56.9 Å². The molecule has 0 saturated heterocycles. The molecule has 0 aliphatic carbocycles. The normalized spacial score (nSPS) is 19.6. The lowest BCUT2D eigenvalue weighted by Gasteiger charge is -2.33. The van der Waals surface area contributed by atoms with Crippen LogP contribution in [-0.4, -0.2) is 20.6 Å². The Morgan fingerprint density at radius 1 is 1.28 bits per heavy atom. The number of ether oxygens (including phenoxy) is 1. The average molecular weight is 392 g/mol. The molecular weight excluding hydrogens is 372 g/mol. The number of benzene rings is 1. The molecule has 0 fully saturated rings. The molecule has 8 heteroatoms. The summed E-state index contributed by atoms with van der Waals surface area (Å²) < 4.78 is 6.64. The van der Waals surface area contributed by atoms with Gasteiger partial charge in [0.2, 0.25) is 0 Å². The topological polar surface area (TPSA) is 133 Å². The van der Waals surface area contributed by atoms with Crippen molar-refractivity contribution in [3.63, 3.8) is 0 Å². The third-order valence-corrected chi connectivity index (χ3v) is 6.07. The summed E-state index contributed by atoms with van der Waals surface area (Å²) in [6.07, 6.45) is 0.0397. The number of rotatable bonds is 2. The first-order valence-electron chi connectivity index (χ1n) is 9.48. The van der Waals surface area contributed by atoms with Gasteiger partial charge in [0.05, 0.1) is 34.7 Å². The fraction of sp³-hybridized carbons (Fsp3) is 0.286. The SMILES string of the molecule is CC[C@@]1(O)C(=O)OCc2c1c(N)c1n(c2=O)Cc2c-1nc1ccccc1c2CN. The van der Waals surface area contributed by atoms with Gasteiger partial charge >= 0.3 is 5.97 Å². The number of para-hydroxylation sites is 1. The Morgan fingerprint density at radius 2 is 2.03 bits per heavy atom. The van der Waals surface area contributed by atoms with E-state index in [9.17, 15) is 14.7 Å². The third kappa shape index (κ3) is 2.12. The van der Waals surface area contributed by atoms with Gasteiger partial charge in [0.25, 0.3) is 5.56 Å². The number of hydrogen-bond acceptors (Lipinski definition) is 7. The zero-order valence-electron chi connectivity index (χ0n) is 15.9. The number of aromatic nitrogens is 2. The number of carbonyl (C=O) groups is 1. The van der Waals surface area contributed by atoms with E-state index < -0.39 is 11.6 Å². The van der Waals surface area contributed by atoms with Crippen molar-refractivity contribution in [2.75, 3.05) is 5.73 Å². The molecule has 0 bridgehead atoms.